The summed E-state index contributed by atoms with van der Waals surface area (Å²) in [4.78, 5) is 17.4. The number of furan rings is 1. The van der Waals surface area contributed by atoms with E-state index in [1.165, 1.54) is 4.31 Å². The van der Waals surface area contributed by atoms with Crippen molar-refractivity contribution >= 4 is 58.2 Å². The fourth-order valence-electron chi connectivity index (χ4n) is 3.52. The summed E-state index contributed by atoms with van der Waals surface area (Å²) in [6, 6.07) is 9.49. The number of rotatable bonds is 12. The topological polar surface area (TPSA) is 122 Å². The normalized spacial score (nSPS) is 14.2. The van der Waals surface area contributed by atoms with E-state index in [1.54, 1.807) is 13.7 Å². The molecule has 1 amide bonds. The molecule has 0 aliphatic heterocycles. The van der Waals surface area contributed by atoms with Crippen molar-refractivity contribution in [2.45, 2.75) is 33.2 Å². The van der Waals surface area contributed by atoms with E-state index < -0.39 is 18.6 Å². The lowest BCUT2D eigenvalue weighted by Crippen LogP contribution is -2.27. The Morgan fingerprint density at radius 2 is 2.00 bits per heavy atom. The number of hydrogen-bond donors (Lipinski definition) is 2. The van der Waals surface area contributed by atoms with E-state index in [4.69, 9.17) is 8.94 Å². The summed E-state index contributed by atoms with van der Waals surface area (Å²) in [7, 11) is -0.987. The number of halogens is 1. The summed E-state index contributed by atoms with van der Waals surface area (Å²) >= 11 is -0.0947. The monoisotopic (exact) mass is 647 g/mol. The molecule has 196 valence electrons. The smallest absolute Gasteiger partial charge is 0.255 e. The van der Waals surface area contributed by atoms with Crippen molar-refractivity contribution in [3.8, 4) is 11.3 Å². The van der Waals surface area contributed by atoms with Crippen LogP contribution in [0.5, 0.6) is 0 Å². The third-order valence-corrected chi connectivity index (χ3v) is 9.33. The first-order valence-electron chi connectivity index (χ1n) is 11.5. The molecule has 0 spiro atoms. The molecule has 2 N–H and O–H groups in total. The number of carbonyl (C=O) groups excluding carboxylic acids is 1. The number of amides is 1. The number of nitrogens with zero attached hydrogens (tertiary/aromatic N) is 2. The molecule has 12 heteroatoms. The minimum absolute atomic E-state index is 0.120. The van der Waals surface area contributed by atoms with Gasteiger partial charge in [0.1, 0.15) is 5.76 Å². The third-order valence-electron chi connectivity index (χ3n) is 5.76. The van der Waals surface area contributed by atoms with Gasteiger partial charge in [-0.1, -0.05) is 36.8 Å². The zero-order valence-electron chi connectivity index (χ0n) is 20.7. The molecule has 3 rings (SSSR count). The highest BCUT2D eigenvalue weighted by Crippen LogP contribution is 2.41. The Morgan fingerprint density at radius 1 is 1.31 bits per heavy atom. The lowest BCUT2D eigenvalue weighted by atomic mass is 10.0. The summed E-state index contributed by atoms with van der Waals surface area (Å²) in [5.41, 5.74) is 3.10. The van der Waals surface area contributed by atoms with Crippen molar-refractivity contribution in [2.24, 2.45) is 0 Å². The molecule has 9 nitrogen and oxygen atoms in total. The van der Waals surface area contributed by atoms with Crippen LogP contribution in [0, 0.1) is 10.5 Å². The van der Waals surface area contributed by atoms with Crippen molar-refractivity contribution in [1.29, 1.82) is 0 Å². The number of pyridine rings is 1. The Bertz CT molecular complexity index is 1300. The van der Waals surface area contributed by atoms with Gasteiger partial charge < -0.3 is 14.3 Å². The molecule has 1 aromatic carbocycles. The number of benzene rings is 1. The first kappa shape index (κ1) is 28.9. The van der Waals surface area contributed by atoms with Crippen LogP contribution in [0.3, 0.4) is 0 Å². The van der Waals surface area contributed by atoms with Gasteiger partial charge in [-0.15, -0.1) is 0 Å². The molecule has 2 aromatic heterocycles. The largest absolute Gasteiger partial charge is 0.437 e. The summed E-state index contributed by atoms with van der Waals surface area (Å²) in [5.74, 6) is 0.141. The van der Waals surface area contributed by atoms with Crippen molar-refractivity contribution in [2.75, 3.05) is 33.0 Å². The molecule has 2 heterocycles. The minimum atomic E-state index is -2.55. The number of unbranched alkanes of at least 4 members (excludes halogenated alkanes) is 1. The van der Waals surface area contributed by atoms with Crippen molar-refractivity contribution in [1.82, 2.24) is 14.6 Å². The van der Waals surface area contributed by atoms with Gasteiger partial charge in [0.05, 0.1) is 29.8 Å². The predicted octanol–water partition coefficient (Wildman–Crippen LogP) is 5.43. The summed E-state index contributed by atoms with van der Waals surface area (Å²) < 4.78 is 47.5. The summed E-state index contributed by atoms with van der Waals surface area (Å²) in [5, 5.41) is 3.25. The van der Waals surface area contributed by atoms with Crippen LogP contribution in [0.1, 0.15) is 41.4 Å². The predicted molar refractivity (Wildman–Crippen MR) is 151 cm³/mol. The zero-order chi connectivity index (χ0) is 26.5. The molecule has 0 radical (unpaired) electrons. The van der Waals surface area contributed by atoms with Crippen LogP contribution in [0.4, 0.5) is 0 Å². The fourth-order valence-corrected chi connectivity index (χ4v) is 5.34. The third kappa shape index (κ3) is 7.23. The first-order chi connectivity index (χ1) is 17.1. The maximum absolute atomic E-state index is 12.8. The van der Waals surface area contributed by atoms with E-state index in [9.17, 15) is 18.1 Å². The molecule has 0 saturated carbocycles. The van der Waals surface area contributed by atoms with Crippen LogP contribution in [-0.2, 0) is 26.9 Å². The second-order valence-corrected chi connectivity index (χ2v) is 13.5. The molecular formula is C24H31IN3O6PS. The van der Waals surface area contributed by atoms with Gasteiger partial charge in [0.2, 0.25) is 17.0 Å². The lowest BCUT2D eigenvalue weighted by molar-refractivity contribution is 0.0964. The van der Waals surface area contributed by atoms with E-state index in [0.717, 1.165) is 14.7 Å². The van der Waals surface area contributed by atoms with Crippen LogP contribution >= 0.6 is 30.0 Å². The van der Waals surface area contributed by atoms with Gasteiger partial charge in [-0.05, 0) is 48.4 Å². The molecular weight excluding hydrogens is 616 g/mol. The van der Waals surface area contributed by atoms with E-state index in [-0.39, 0.29) is 18.2 Å². The number of hydrogen-bond acceptors (Lipinski definition) is 6. The molecule has 0 fully saturated rings. The molecule has 0 aliphatic rings. The molecule has 2 atom stereocenters. The van der Waals surface area contributed by atoms with Gasteiger partial charge in [-0.25, -0.2) is 9.19 Å². The molecule has 0 bridgehead atoms. The Labute approximate surface area is 227 Å². The van der Waals surface area contributed by atoms with E-state index >= 15 is 0 Å². The van der Waals surface area contributed by atoms with E-state index in [2.05, 4.69) is 32.9 Å². The Hall–Kier alpha value is -1.63. The SMILES string of the molecule is CCP(C)(=O)OCCCCN(Cc1nc2oc(-c3ccc(C)cc3)c(C(=O)NC)c2cc1I)S(=O)O. The van der Waals surface area contributed by atoms with Gasteiger partial charge in [0, 0.05) is 35.6 Å². The van der Waals surface area contributed by atoms with Gasteiger partial charge in [0.25, 0.3) is 5.91 Å². The average molecular weight is 647 g/mol. The lowest BCUT2D eigenvalue weighted by Gasteiger charge is -2.18. The van der Waals surface area contributed by atoms with Gasteiger partial charge in [-0.3, -0.25) is 13.9 Å². The quantitative estimate of drug-likeness (QED) is 0.116. The molecule has 0 aliphatic carbocycles. The highest BCUT2D eigenvalue weighted by atomic mass is 127. The zero-order valence-corrected chi connectivity index (χ0v) is 24.6. The molecule has 0 saturated heterocycles. The number of fused-ring (bicyclic) bond motifs is 1. The number of carbonyl (C=O) groups is 1. The second-order valence-electron chi connectivity index (χ2n) is 8.49. The fraction of sp³-hybridized carbons (Fsp3) is 0.417. The van der Waals surface area contributed by atoms with Gasteiger partial charge in [0.15, 0.2) is 7.37 Å². The molecule has 3 aromatic rings. The first-order valence-corrected chi connectivity index (χ1v) is 15.9. The average Bonchev–Trinajstić information content (AvgIpc) is 3.20. The number of aromatic nitrogens is 1. The Balaban J connectivity index is 1.85. The molecule has 2 unspecified atom stereocenters. The van der Waals surface area contributed by atoms with Gasteiger partial charge >= 0.3 is 0 Å². The highest BCUT2D eigenvalue weighted by molar-refractivity contribution is 14.1. The number of aryl methyl sites for hydroxylation is 1. The van der Waals surface area contributed by atoms with Crippen LogP contribution in [0.25, 0.3) is 22.4 Å². The van der Waals surface area contributed by atoms with Crippen LogP contribution in [0.2, 0.25) is 0 Å². The van der Waals surface area contributed by atoms with Crippen LogP contribution in [0.15, 0.2) is 34.7 Å². The maximum atomic E-state index is 12.8. The van der Waals surface area contributed by atoms with Gasteiger partial charge in [-0.2, -0.15) is 4.31 Å². The van der Waals surface area contributed by atoms with Crippen molar-refractivity contribution in [3.63, 3.8) is 0 Å². The Kier molecular flexibility index (Phi) is 10.2. The van der Waals surface area contributed by atoms with E-state index in [1.807, 2.05) is 44.2 Å². The van der Waals surface area contributed by atoms with Crippen molar-refractivity contribution < 1.29 is 27.1 Å². The van der Waals surface area contributed by atoms with Crippen molar-refractivity contribution in [3.05, 3.63) is 50.7 Å². The standard InChI is InChI=1S/C24H31IN3O6PS/c1-5-35(4,30)33-13-7-6-12-28(36(31)32)15-20-19(25)14-18-21(23(29)26-3)22(34-24(18)27-20)17-10-8-16(2)9-11-17/h8-11,14H,5-7,12-13,15H2,1-4H3,(H,26,29)(H,31,32). The second kappa shape index (κ2) is 12.7. The number of nitrogens with one attached hydrogen (secondary N) is 1. The maximum Gasteiger partial charge on any atom is 0.255 e. The summed E-state index contributed by atoms with van der Waals surface area (Å²) in [6.45, 7) is 6.21. The van der Waals surface area contributed by atoms with Crippen LogP contribution in [-0.4, -0.2) is 57.0 Å². The van der Waals surface area contributed by atoms with E-state index in [0.29, 0.717) is 54.6 Å². The molecule has 36 heavy (non-hydrogen) atoms. The minimum Gasteiger partial charge on any atom is -0.437 e. The highest BCUT2D eigenvalue weighted by Gasteiger charge is 2.24. The Morgan fingerprint density at radius 3 is 2.61 bits per heavy atom. The van der Waals surface area contributed by atoms with Crippen LogP contribution < -0.4 is 5.32 Å². The summed E-state index contributed by atoms with van der Waals surface area (Å²) in [6.07, 6.45) is 1.68.